The van der Waals surface area contributed by atoms with Crippen LogP contribution in [0.5, 0.6) is 0 Å². The Morgan fingerprint density at radius 1 is 1.11 bits per heavy atom. The summed E-state index contributed by atoms with van der Waals surface area (Å²) < 4.78 is 29.5. The minimum atomic E-state index is -3.39. The Balaban J connectivity index is 1.84. The first-order valence-electron chi connectivity index (χ1n) is 9.24. The van der Waals surface area contributed by atoms with Gasteiger partial charge in [0.25, 0.3) is 0 Å². The first-order valence-corrected chi connectivity index (χ1v) is 11.1. The molecule has 28 heavy (non-hydrogen) atoms. The highest BCUT2D eigenvalue weighted by atomic mass is 32.2. The van der Waals surface area contributed by atoms with Gasteiger partial charge in [-0.25, -0.2) is 8.42 Å². The Bertz CT molecular complexity index is 1130. The quantitative estimate of drug-likeness (QED) is 0.580. The molecular formula is C22H21NO4S. The van der Waals surface area contributed by atoms with Crippen molar-refractivity contribution >= 4 is 15.6 Å². The van der Waals surface area contributed by atoms with Crippen LogP contribution in [0.2, 0.25) is 0 Å². The second-order valence-corrected chi connectivity index (χ2v) is 9.38. The number of nitrogens with zero attached hydrogens (tertiary/aromatic N) is 1. The van der Waals surface area contributed by atoms with Gasteiger partial charge < -0.3 is 4.52 Å². The molecule has 0 bridgehead atoms. The molecule has 1 saturated carbocycles. The molecule has 0 amide bonds. The highest BCUT2D eigenvalue weighted by Crippen LogP contribution is 2.42. The number of carbonyl (C=O) groups excluding carboxylic acids is 1. The third kappa shape index (κ3) is 3.52. The van der Waals surface area contributed by atoms with E-state index in [-0.39, 0.29) is 22.5 Å². The van der Waals surface area contributed by atoms with Crippen molar-refractivity contribution in [1.29, 1.82) is 0 Å². The molecule has 1 fully saturated rings. The van der Waals surface area contributed by atoms with Crippen molar-refractivity contribution in [3.8, 4) is 0 Å². The number of sulfone groups is 1. The summed E-state index contributed by atoms with van der Waals surface area (Å²) in [5.74, 6) is 0.564. The zero-order valence-electron chi connectivity index (χ0n) is 15.8. The molecule has 2 aromatic carbocycles. The third-order valence-electron chi connectivity index (χ3n) is 5.25. The van der Waals surface area contributed by atoms with Crippen molar-refractivity contribution < 1.29 is 17.7 Å². The van der Waals surface area contributed by atoms with Gasteiger partial charge in [0.15, 0.2) is 21.4 Å². The van der Waals surface area contributed by atoms with E-state index in [1.54, 1.807) is 12.1 Å². The fourth-order valence-corrected chi connectivity index (χ4v) is 4.12. The molecular weight excluding hydrogens is 374 g/mol. The van der Waals surface area contributed by atoms with Crippen LogP contribution in [0, 0.1) is 0 Å². The molecule has 0 radical (unpaired) electrons. The van der Waals surface area contributed by atoms with Crippen molar-refractivity contribution in [2.75, 3.05) is 6.26 Å². The van der Waals surface area contributed by atoms with Crippen LogP contribution in [0.4, 0.5) is 0 Å². The van der Waals surface area contributed by atoms with Crippen molar-refractivity contribution in [2.24, 2.45) is 0 Å². The molecule has 1 aliphatic rings. The summed E-state index contributed by atoms with van der Waals surface area (Å²) in [5.41, 5.74) is 2.64. The van der Waals surface area contributed by atoms with Crippen LogP contribution in [0.25, 0.3) is 0 Å². The Kier molecular flexibility index (Phi) is 4.67. The molecule has 3 aromatic rings. The second kappa shape index (κ2) is 7.02. The third-order valence-corrected chi connectivity index (χ3v) is 6.36. The lowest BCUT2D eigenvalue weighted by atomic mass is 9.87. The number of rotatable bonds is 6. The molecule has 1 heterocycles. The molecule has 1 atom stereocenters. The van der Waals surface area contributed by atoms with Gasteiger partial charge in [0.05, 0.1) is 16.7 Å². The van der Waals surface area contributed by atoms with Gasteiger partial charge in [-0.2, -0.15) is 0 Å². The number of benzene rings is 2. The lowest BCUT2D eigenvalue weighted by Crippen LogP contribution is -2.11. The van der Waals surface area contributed by atoms with Crippen molar-refractivity contribution in [3.05, 3.63) is 82.7 Å². The standard InChI is InChI=1S/C22H21NO4S/c1-14(15-6-4-3-5-7-15)19-12-17(28(2,25)26)10-11-18(19)21(24)20-13-23-27-22(20)16-8-9-16/h3-7,10-14,16H,8-9H2,1-2H3. The Morgan fingerprint density at radius 2 is 1.82 bits per heavy atom. The van der Waals surface area contributed by atoms with Gasteiger partial charge in [-0.1, -0.05) is 42.4 Å². The summed E-state index contributed by atoms with van der Waals surface area (Å²) in [7, 11) is -3.39. The van der Waals surface area contributed by atoms with Gasteiger partial charge in [0.1, 0.15) is 0 Å². The minimum absolute atomic E-state index is 0.147. The van der Waals surface area contributed by atoms with Crippen molar-refractivity contribution in [1.82, 2.24) is 5.16 Å². The maximum atomic E-state index is 13.3. The first kappa shape index (κ1) is 18.6. The van der Waals surface area contributed by atoms with E-state index in [1.807, 2.05) is 37.3 Å². The molecule has 6 heteroatoms. The van der Waals surface area contributed by atoms with E-state index < -0.39 is 9.84 Å². The molecule has 4 rings (SSSR count). The fraction of sp³-hybridized carbons (Fsp3) is 0.273. The molecule has 1 unspecified atom stereocenters. The van der Waals surface area contributed by atoms with Gasteiger partial charge in [-0.05, 0) is 42.2 Å². The average Bonchev–Trinajstić information content (AvgIpc) is 3.42. The summed E-state index contributed by atoms with van der Waals surface area (Å²) in [4.78, 5) is 13.5. The number of hydrogen-bond donors (Lipinski definition) is 0. The highest BCUT2D eigenvalue weighted by Gasteiger charge is 2.33. The largest absolute Gasteiger partial charge is 0.360 e. The molecule has 144 valence electrons. The van der Waals surface area contributed by atoms with Crippen LogP contribution in [0.3, 0.4) is 0 Å². The summed E-state index contributed by atoms with van der Waals surface area (Å²) in [5, 5.41) is 3.83. The van der Waals surface area contributed by atoms with E-state index in [9.17, 15) is 13.2 Å². The lowest BCUT2D eigenvalue weighted by Gasteiger charge is -2.17. The van der Waals surface area contributed by atoms with Gasteiger partial charge in [-0.3, -0.25) is 4.79 Å². The van der Waals surface area contributed by atoms with Gasteiger partial charge in [0, 0.05) is 23.7 Å². The lowest BCUT2D eigenvalue weighted by molar-refractivity contribution is 0.103. The van der Waals surface area contributed by atoms with Crippen LogP contribution in [-0.2, 0) is 9.84 Å². The molecule has 0 saturated heterocycles. The number of hydrogen-bond acceptors (Lipinski definition) is 5. The Labute approximate surface area is 164 Å². The molecule has 0 aliphatic heterocycles. The molecule has 0 spiro atoms. The van der Waals surface area contributed by atoms with Crippen molar-refractivity contribution in [3.63, 3.8) is 0 Å². The van der Waals surface area contributed by atoms with Crippen LogP contribution < -0.4 is 0 Å². The highest BCUT2D eigenvalue weighted by molar-refractivity contribution is 7.90. The van der Waals surface area contributed by atoms with Crippen LogP contribution >= 0.6 is 0 Å². The van der Waals surface area contributed by atoms with Gasteiger partial charge in [-0.15, -0.1) is 0 Å². The maximum absolute atomic E-state index is 13.3. The van der Waals surface area contributed by atoms with E-state index in [4.69, 9.17) is 4.52 Å². The zero-order chi connectivity index (χ0) is 19.9. The van der Waals surface area contributed by atoms with E-state index in [2.05, 4.69) is 5.16 Å². The Hall–Kier alpha value is -2.73. The summed E-state index contributed by atoms with van der Waals surface area (Å²) >= 11 is 0. The molecule has 1 aromatic heterocycles. The zero-order valence-corrected chi connectivity index (χ0v) is 16.6. The minimum Gasteiger partial charge on any atom is -0.360 e. The normalized spacial score (nSPS) is 15.4. The maximum Gasteiger partial charge on any atom is 0.198 e. The average molecular weight is 395 g/mol. The van der Waals surface area contributed by atoms with Crippen molar-refractivity contribution in [2.45, 2.75) is 36.5 Å². The summed E-state index contributed by atoms with van der Waals surface area (Å²) in [6, 6.07) is 14.4. The van der Waals surface area contributed by atoms with Gasteiger partial charge >= 0.3 is 0 Å². The van der Waals surface area contributed by atoms with Gasteiger partial charge in [0.2, 0.25) is 0 Å². The Morgan fingerprint density at radius 3 is 2.46 bits per heavy atom. The van der Waals surface area contributed by atoms with Crippen LogP contribution in [-0.4, -0.2) is 25.6 Å². The summed E-state index contributed by atoms with van der Waals surface area (Å²) in [6.07, 6.45) is 4.63. The monoisotopic (exact) mass is 395 g/mol. The predicted octanol–water partition coefficient (Wildman–Crippen LogP) is 4.34. The van der Waals surface area contributed by atoms with E-state index >= 15 is 0 Å². The first-order chi connectivity index (χ1) is 13.4. The van der Waals surface area contributed by atoms with E-state index in [0.717, 1.165) is 18.4 Å². The fourth-order valence-electron chi connectivity index (χ4n) is 3.46. The predicted molar refractivity (Wildman–Crippen MR) is 105 cm³/mol. The van der Waals surface area contributed by atoms with E-state index in [0.29, 0.717) is 22.5 Å². The number of carbonyl (C=O) groups is 1. The molecule has 1 aliphatic carbocycles. The smallest absolute Gasteiger partial charge is 0.198 e. The number of ketones is 1. The van der Waals surface area contributed by atoms with E-state index in [1.165, 1.54) is 18.5 Å². The SMILES string of the molecule is CC(c1ccccc1)c1cc(S(C)(=O)=O)ccc1C(=O)c1cnoc1C1CC1. The molecule has 0 N–H and O–H groups in total. The molecule has 5 nitrogen and oxygen atoms in total. The number of aromatic nitrogens is 1. The van der Waals surface area contributed by atoms with Crippen LogP contribution in [0.1, 0.15) is 64.4 Å². The summed E-state index contributed by atoms with van der Waals surface area (Å²) in [6.45, 7) is 1.98. The second-order valence-electron chi connectivity index (χ2n) is 7.36. The van der Waals surface area contributed by atoms with Crippen LogP contribution in [0.15, 0.2) is 64.1 Å². The topological polar surface area (TPSA) is 77.2 Å².